The molecule has 0 rings (SSSR count). The first-order valence-corrected chi connectivity index (χ1v) is 9.84. The zero-order chi connectivity index (χ0) is 16.1. The van der Waals surface area contributed by atoms with E-state index in [1.807, 2.05) is 0 Å². The Morgan fingerprint density at radius 3 is 1.68 bits per heavy atom. The highest BCUT2D eigenvalue weighted by atomic mass is 16.5. The molecule has 2 nitrogen and oxygen atoms in total. The van der Waals surface area contributed by atoms with E-state index in [2.05, 4.69) is 19.1 Å². The minimum atomic E-state index is 0.645. The van der Waals surface area contributed by atoms with Gasteiger partial charge in [-0.05, 0) is 32.1 Å². The number of hydrogen-bond acceptors (Lipinski definition) is 2. The lowest BCUT2D eigenvalue weighted by molar-refractivity contribution is 0.137. The number of nitrogens with two attached hydrogens (primary N) is 1. The molecule has 0 aromatic carbocycles. The van der Waals surface area contributed by atoms with Gasteiger partial charge >= 0.3 is 0 Å². The minimum absolute atomic E-state index is 0.645. The number of unbranched alkanes of at least 4 members (excludes halogenated alkanes) is 12. The van der Waals surface area contributed by atoms with Crippen LogP contribution in [0.5, 0.6) is 0 Å². The third-order valence-electron chi connectivity index (χ3n) is 4.06. The van der Waals surface area contributed by atoms with Gasteiger partial charge in [-0.3, -0.25) is 0 Å². The van der Waals surface area contributed by atoms with Crippen LogP contribution < -0.4 is 5.73 Å². The minimum Gasteiger partial charge on any atom is -0.380 e. The summed E-state index contributed by atoms with van der Waals surface area (Å²) in [7, 11) is 0. The van der Waals surface area contributed by atoms with Gasteiger partial charge in [-0.1, -0.05) is 76.9 Å². The fraction of sp³-hybridized carbons (Fsp3) is 0.900. The lowest BCUT2D eigenvalue weighted by Gasteiger charge is -2.02. The molecule has 0 bridgehead atoms. The van der Waals surface area contributed by atoms with Crippen LogP contribution in [0.15, 0.2) is 12.2 Å². The van der Waals surface area contributed by atoms with Crippen molar-refractivity contribution in [2.24, 2.45) is 5.73 Å². The smallest absolute Gasteiger partial charge is 0.0588 e. The predicted octanol–water partition coefficient (Wildman–Crippen LogP) is 6.00. The van der Waals surface area contributed by atoms with E-state index in [9.17, 15) is 0 Å². The number of hydrogen-bond donors (Lipinski definition) is 1. The number of allylic oxidation sites excluding steroid dienone is 2. The van der Waals surface area contributed by atoms with Crippen molar-refractivity contribution >= 4 is 0 Å². The van der Waals surface area contributed by atoms with Crippen molar-refractivity contribution in [3.05, 3.63) is 12.2 Å². The maximum absolute atomic E-state index is 5.37. The van der Waals surface area contributed by atoms with Gasteiger partial charge in [-0.25, -0.2) is 0 Å². The van der Waals surface area contributed by atoms with Crippen LogP contribution >= 0.6 is 0 Å². The molecular weight excluding hydrogens is 270 g/mol. The monoisotopic (exact) mass is 311 g/mol. The molecule has 0 spiro atoms. The molecule has 0 aromatic heterocycles. The zero-order valence-corrected chi connectivity index (χ0v) is 15.2. The van der Waals surface area contributed by atoms with Gasteiger partial charge in [0.1, 0.15) is 0 Å². The van der Waals surface area contributed by atoms with Crippen molar-refractivity contribution in [2.45, 2.75) is 96.8 Å². The fourth-order valence-electron chi connectivity index (χ4n) is 2.64. The number of ether oxygens (including phenoxy) is 1. The Balaban J connectivity index is 3.02. The van der Waals surface area contributed by atoms with Crippen molar-refractivity contribution < 1.29 is 4.74 Å². The topological polar surface area (TPSA) is 35.2 Å². The van der Waals surface area contributed by atoms with Gasteiger partial charge in [0.15, 0.2) is 0 Å². The normalized spacial score (nSPS) is 11.5. The predicted molar refractivity (Wildman–Crippen MR) is 99.3 cm³/mol. The molecule has 0 aliphatic heterocycles. The van der Waals surface area contributed by atoms with E-state index in [0.29, 0.717) is 13.2 Å². The highest BCUT2D eigenvalue weighted by Gasteiger charge is 1.92. The Labute approximate surface area is 139 Å². The Hall–Kier alpha value is -0.340. The average Bonchev–Trinajstić information content (AvgIpc) is 2.54. The van der Waals surface area contributed by atoms with Crippen LogP contribution in [0.4, 0.5) is 0 Å². The summed E-state index contributed by atoms with van der Waals surface area (Å²) in [5.74, 6) is 0. The molecule has 0 heterocycles. The van der Waals surface area contributed by atoms with Crippen LogP contribution in [0.1, 0.15) is 96.8 Å². The van der Waals surface area contributed by atoms with Crippen LogP contribution in [0, 0.1) is 0 Å². The van der Waals surface area contributed by atoms with E-state index in [-0.39, 0.29) is 0 Å². The van der Waals surface area contributed by atoms with Crippen LogP contribution in [0.25, 0.3) is 0 Å². The van der Waals surface area contributed by atoms with Gasteiger partial charge < -0.3 is 10.5 Å². The second-order valence-electron chi connectivity index (χ2n) is 6.34. The van der Waals surface area contributed by atoms with Gasteiger partial charge in [0.25, 0.3) is 0 Å². The van der Waals surface area contributed by atoms with E-state index < -0.39 is 0 Å². The lowest BCUT2D eigenvalue weighted by atomic mass is 10.1. The second kappa shape index (κ2) is 20.7. The molecule has 0 fully saturated rings. The highest BCUT2D eigenvalue weighted by molar-refractivity contribution is 4.81. The first kappa shape index (κ1) is 21.7. The van der Waals surface area contributed by atoms with E-state index in [1.54, 1.807) is 0 Å². The third-order valence-corrected chi connectivity index (χ3v) is 4.06. The molecule has 0 amide bonds. The number of rotatable bonds is 18. The molecule has 0 saturated heterocycles. The van der Waals surface area contributed by atoms with Crippen molar-refractivity contribution in [1.82, 2.24) is 0 Å². The lowest BCUT2D eigenvalue weighted by Crippen LogP contribution is -2.08. The summed E-state index contributed by atoms with van der Waals surface area (Å²) in [5, 5.41) is 0. The Bertz CT molecular complexity index is 216. The molecule has 0 unspecified atom stereocenters. The molecule has 0 aromatic rings. The SMILES string of the molecule is CCCCCCCC/C=C\CCCCCCCCOCCN. The highest BCUT2D eigenvalue weighted by Crippen LogP contribution is 2.09. The summed E-state index contributed by atoms with van der Waals surface area (Å²) in [4.78, 5) is 0. The van der Waals surface area contributed by atoms with E-state index in [1.165, 1.54) is 89.9 Å². The maximum Gasteiger partial charge on any atom is 0.0588 e. The molecule has 0 aliphatic rings. The summed E-state index contributed by atoms with van der Waals surface area (Å²) in [6.07, 6.45) is 23.7. The molecule has 22 heavy (non-hydrogen) atoms. The van der Waals surface area contributed by atoms with E-state index >= 15 is 0 Å². The molecular formula is C20H41NO. The third kappa shape index (κ3) is 19.7. The largest absolute Gasteiger partial charge is 0.380 e. The average molecular weight is 312 g/mol. The summed E-state index contributed by atoms with van der Waals surface area (Å²) in [6, 6.07) is 0. The molecule has 0 saturated carbocycles. The van der Waals surface area contributed by atoms with Crippen LogP contribution in [0.2, 0.25) is 0 Å². The molecule has 0 aliphatic carbocycles. The molecule has 132 valence electrons. The van der Waals surface area contributed by atoms with E-state index in [0.717, 1.165) is 6.61 Å². The Kier molecular flexibility index (Phi) is 20.3. The molecule has 2 heteroatoms. The Morgan fingerprint density at radius 1 is 0.636 bits per heavy atom. The molecule has 2 N–H and O–H groups in total. The first-order chi connectivity index (χ1) is 10.9. The Morgan fingerprint density at radius 2 is 1.14 bits per heavy atom. The summed E-state index contributed by atoms with van der Waals surface area (Å²) in [6.45, 7) is 4.52. The van der Waals surface area contributed by atoms with E-state index in [4.69, 9.17) is 10.5 Å². The van der Waals surface area contributed by atoms with Crippen molar-refractivity contribution in [2.75, 3.05) is 19.8 Å². The summed E-state index contributed by atoms with van der Waals surface area (Å²) < 4.78 is 5.37. The first-order valence-electron chi connectivity index (χ1n) is 9.84. The van der Waals surface area contributed by atoms with Gasteiger partial charge in [-0.15, -0.1) is 0 Å². The summed E-state index contributed by atoms with van der Waals surface area (Å²) >= 11 is 0. The van der Waals surface area contributed by atoms with Crippen LogP contribution in [-0.2, 0) is 4.74 Å². The standard InChI is InChI=1S/C20H41NO/c1-2-3-4-5-6-7-8-9-10-11-12-13-14-15-16-17-19-22-20-18-21/h9-10H,2-8,11-21H2,1H3/b10-9-. The van der Waals surface area contributed by atoms with Crippen molar-refractivity contribution in [3.63, 3.8) is 0 Å². The van der Waals surface area contributed by atoms with Crippen molar-refractivity contribution in [3.8, 4) is 0 Å². The van der Waals surface area contributed by atoms with Crippen LogP contribution in [0.3, 0.4) is 0 Å². The fourth-order valence-corrected chi connectivity index (χ4v) is 2.64. The molecule has 0 atom stereocenters. The maximum atomic E-state index is 5.37. The van der Waals surface area contributed by atoms with Crippen LogP contribution in [-0.4, -0.2) is 19.8 Å². The molecule has 0 radical (unpaired) electrons. The van der Waals surface area contributed by atoms with Crippen molar-refractivity contribution in [1.29, 1.82) is 0 Å². The summed E-state index contributed by atoms with van der Waals surface area (Å²) in [5.41, 5.74) is 5.37. The quantitative estimate of drug-likeness (QED) is 0.249. The van der Waals surface area contributed by atoms with Gasteiger partial charge in [0.05, 0.1) is 6.61 Å². The second-order valence-corrected chi connectivity index (χ2v) is 6.34. The van der Waals surface area contributed by atoms with Gasteiger partial charge in [0.2, 0.25) is 0 Å². The van der Waals surface area contributed by atoms with Gasteiger partial charge in [-0.2, -0.15) is 0 Å². The van der Waals surface area contributed by atoms with Gasteiger partial charge in [0, 0.05) is 13.2 Å². The zero-order valence-electron chi connectivity index (χ0n) is 15.2.